The lowest BCUT2D eigenvalue weighted by molar-refractivity contribution is -0.277. The van der Waals surface area contributed by atoms with Gasteiger partial charge in [-0.1, -0.05) is 24.3 Å². The molecular weight excluding hydrogens is 384 g/mol. The number of hydrogen-bond donors (Lipinski definition) is 7. The van der Waals surface area contributed by atoms with Crippen molar-refractivity contribution in [2.75, 3.05) is 6.61 Å². The molecule has 7 N–H and O–H groups in total. The maximum Gasteiger partial charge on any atom is 0.229 e. The molecule has 9 nitrogen and oxygen atoms in total. The molecule has 1 heterocycles. The average molecular weight is 406 g/mol. The average Bonchev–Trinajstić information content (AvgIpc) is 2.71. The van der Waals surface area contributed by atoms with Crippen LogP contribution in [-0.2, 0) is 4.74 Å². The second-order valence-corrected chi connectivity index (χ2v) is 6.62. The summed E-state index contributed by atoms with van der Waals surface area (Å²) in [7, 11) is 0. The molecule has 1 aliphatic heterocycles. The second-order valence-electron chi connectivity index (χ2n) is 6.62. The minimum absolute atomic E-state index is 0.00925. The Bertz CT molecular complexity index is 863. The van der Waals surface area contributed by atoms with Crippen molar-refractivity contribution >= 4 is 12.2 Å². The van der Waals surface area contributed by atoms with Crippen LogP contribution in [0.3, 0.4) is 0 Å². The van der Waals surface area contributed by atoms with Crippen molar-refractivity contribution < 1.29 is 45.2 Å². The molecule has 2 aromatic carbocycles. The SMILES string of the molecule is OC[C@H]1O[C@@H](Oc2cc(O)c(O)c(/C=C/c3ccc(O)cc3)c2)[C@H](O)[C@@H](O)[C@@H]1O. The van der Waals surface area contributed by atoms with Crippen LogP contribution in [-0.4, -0.2) is 73.1 Å². The highest BCUT2D eigenvalue weighted by molar-refractivity contribution is 5.75. The highest BCUT2D eigenvalue weighted by Crippen LogP contribution is 2.36. The van der Waals surface area contributed by atoms with E-state index in [1.54, 1.807) is 18.2 Å². The molecule has 0 aromatic heterocycles. The molecule has 1 fully saturated rings. The zero-order valence-electron chi connectivity index (χ0n) is 15.2. The number of aliphatic hydroxyl groups excluding tert-OH is 4. The van der Waals surface area contributed by atoms with Gasteiger partial charge in [-0.05, 0) is 23.8 Å². The van der Waals surface area contributed by atoms with Crippen molar-refractivity contribution in [2.24, 2.45) is 0 Å². The van der Waals surface area contributed by atoms with Crippen molar-refractivity contribution in [3.05, 3.63) is 47.5 Å². The summed E-state index contributed by atoms with van der Waals surface area (Å²) in [5, 5.41) is 68.3. The highest BCUT2D eigenvalue weighted by Gasteiger charge is 2.44. The Kier molecular flexibility index (Phi) is 6.26. The zero-order chi connectivity index (χ0) is 21.1. The summed E-state index contributed by atoms with van der Waals surface area (Å²) in [5.41, 5.74) is 0.916. The summed E-state index contributed by atoms with van der Waals surface area (Å²) in [4.78, 5) is 0. The Balaban J connectivity index is 1.82. The maximum absolute atomic E-state index is 10.1. The molecule has 0 unspecified atom stereocenters. The van der Waals surface area contributed by atoms with E-state index in [0.29, 0.717) is 0 Å². The summed E-state index contributed by atoms with van der Waals surface area (Å²) < 4.78 is 10.7. The second kappa shape index (κ2) is 8.68. The molecule has 1 saturated heterocycles. The van der Waals surface area contributed by atoms with Gasteiger partial charge < -0.3 is 45.2 Å². The molecule has 156 valence electrons. The fourth-order valence-electron chi connectivity index (χ4n) is 2.88. The summed E-state index contributed by atoms with van der Waals surface area (Å²) in [6.07, 6.45) is -4.17. The van der Waals surface area contributed by atoms with Crippen LogP contribution in [0.5, 0.6) is 23.0 Å². The first kappa shape index (κ1) is 20.9. The standard InChI is InChI=1S/C20H22O9/c21-9-15-17(25)18(26)19(27)20(29-15)28-13-7-11(16(24)14(23)8-13)4-1-10-2-5-12(22)6-3-10/h1-8,15,17-27H,9H2/b4-1+/t15-,17-,18+,19-,20-/m1/s1. The van der Waals surface area contributed by atoms with E-state index in [0.717, 1.165) is 11.6 Å². The van der Waals surface area contributed by atoms with Gasteiger partial charge in [0.25, 0.3) is 0 Å². The fraction of sp³-hybridized carbons (Fsp3) is 0.300. The molecule has 1 aliphatic rings. The van der Waals surface area contributed by atoms with E-state index < -0.39 is 48.8 Å². The Morgan fingerprint density at radius 2 is 1.59 bits per heavy atom. The molecule has 5 atom stereocenters. The Hall–Kier alpha value is -2.82. The Labute approximate surface area is 165 Å². The highest BCUT2D eigenvalue weighted by atomic mass is 16.7. The van der Waals surface area contributed by atoms with Crippen LogP contribution in [0.1, 0.15) is 11.1 Å². The zero-order valence-corrected chi connectivity index (χ0v) is 15.2. The summed E-state index contributed by atoms with van der Waals surface area (Å²) in [6, 6.07) is 8.75. The lowest BCUT2D eigenvalue weighted by atomic mass is 9.99. The molecule has 0 aliphatic carbocycles. The normalized spacial score (nSPS) is 27.2. The molecule has 3 rings (SSSR count). The van der Waals surface area contributed by atoms with Gasteiger partial charge in [0.05, 0.1) is 6.61 Å². The van der Waals surface area contributed by atoms with Gasteiger partial charge in [-0.15, -0.1) is 0 Å². The third-order valence-corrected chi connectivity index (χ3v) is 4.54. The molecule has 0 amide bonds. The topological polar surface area (TPSA) is 160 Å². The maximum atomic E-state index is 10.1. The summed E-state index contributed by atoms with van der Waals surface area (Å²) >= 11 is 0. The minimum Gasteiger partial charge on any atom is -0.508 e. The van der Waals surface area contributed by atoms with Crippen LogP contribution in [0.4, 0.5) is 0 Å². The third-order valence-electron chi connectivity index (χ3n) is 4.54. The molecule has 0 spiro atoms. The number of phenols is 3. The first-order valence-electron chi connectivity index (χ1n) is 8.80. The lowest BCUT2D eigenvalue weighted by Crippen LogP contribution is -2.60. The summed E-state index contributed by atoms with van der Waals surface area (Å²) in [6.45, 7) is -0.605. The van der Waals surface area contributed by atoms with Crippen LogP contribution in [0.2, 0.25) is 0 Å². The van der Waals surface area contributed by atoms with Crippen LogP contribution in [0.25, 0.3) is 12.2 Å². The van der Waals surface area contributed by atoms with Crippen molar-refractivity contribution in [1.29, 1.82) is 0 Å². The molecule has 0 bridgehead atoms. The van der Waals surface area contributed by atoms with Crippen LogP contribution >= 0.6 is 0 Å². The van der Waals surface area contributed by atoms with Crippen molar-refractivity contribution in [1.82, 2.24) is 0 Å². The molecule has 0 saturated carbocycles. The van der Waals surface area contributed by atoms with Gasteiger partial charge >= 0.3 is 0 Å². The number of benzene rings is 2. The quantitative estimate of drug-likeness (QED) is 0.271. The van der Waals surface area contributed by atoms with Gasteiger partial charge in [0.15, 0.2) is 11.5 Å². The molecule has 9 heteroatoms. The van der Waals surface area contributed by atoms with E-state index in [9.17, 15) is 35.7 Å². The largest absolute Gasteiger partial charge is 0.508 e. The van der Waals surface area contributed by atoms with Crippen LogP contribution in [0.15, 0.2) is 36.4 Å². The van der Waals surface area contributed by atoms with Gasteiger partial charge in [0.2, 0.25) is 6.29 Å². The van der Waals surface area contributed by atoms with E-state index in [2.05, 4.69) is 0 Å². The van der Waals surface area contributed by atoms with E-state index in [-0.39, 0.29) is 17.1 Å². The van der Waals surface area contributed by atoms with Crippen molar-refractivity contribution in [3.63, 3.8) is 0 Å². The van der Waals surface area contributed by atoms with Crippen molar-refractivity contribution in [3.8, 4) is 23.0 Å². The van der Waals surface area contributed by atoms with Crippen molar-refractivity contribution in [2.45, 2.75) is 30.7 Å². The van der Waals surface area contributed by atoms with E-state index in [1.165, 1.54) is 24.3 Å². The molecular formula is C20H22O9. The number of rotatable bonds is 5. The van der Waals surface area contributed by atoms with E-state index >= 15 is 0 Å². The van der Waals surface area contributed by atoms with Gasteiger partial charge in [-0.3, -0.25) is 0 Å². The molecule has 29 heavy (non-hydrogen) atoms. The number of ether oxygens (including phenoxy) is 2. The smallest absolute Gasteiger partial charge is 0.229 e. The predicted molar refractivity (Wildman–Crippen MR) is 101 cm³/mol. The van der Waals surface area contributed by atoms with Gasteiger partial charge in [0.1, 0.15) is 35.9 Å². The number of aromatic hydroxyl groups is 3. The van der Waals surface area contributed by atoms with E-state index in [4.69, 9.17) is 9.47 Å². The number of phenolic OH excluding ortho intramolecular Hbond substituents is 3. The molecule has 0 radical (unpaired) electrons. The third kappa shape index (κ3) is 4.61. The van der Waals surface area contributed by atoms with E-state index in [1.807, 2.05) is 0 Å². The Morgan fingerprint density at radius 3 is 2.24 bits per heavy atom. The lowest BCUT2D eigenvalue weighted by Gasteiger charge is -2.39. The number of aliphatic hydroxyl groups is 4. The van der Waals surface area contributed by atoms with Gasteiger partial charge in [-0.2, -0.15) is 0 Å². The summed E-state index contributed by atoms with van der Waals surface area (Å²) in [5.74, 6) is -0.772. The minimum atomic E-state index is -1.61. The molecule has 2 aromatic rings. The fourth-order valence-corrected chi connectivity index (χ4v) is 2.88. The van der Waals surface area contributed by atoms with Gasteiger partial charge in [0, 0.05) is 11.6 Å². The first-order chi connectivity index (χ1) is 13.8. The number of hydrogen-bond acceptors (Lipinski definition) is 9. The van der Waals surface area contributed by atoms with Crippen LogP contribution in [0, 0.1) is 0 Å². The van der Waals surface area contributed by atoms with Crippen LogP contribution < -0.4 is 4.74 Å². The predicted octanol–water partition coefficient (Wildman–Crippen LogP) is 0.152. The first-order valence-corrected chi connectivity index (χ1v) is 8.80. The monoisotopic (exact) mass is 406 g/mol. The van der Waals surface area contributed by atoms with Gasteiger partial charge in [-0.25, -0.2) is 0 Å². The Morgan fingerprint density at radius 1 is 0.897 bits per heavy atom.